The summed E-state index contributed by atoms with van der Waals surface area (Å²) in [7, 11) is 0. The minimum absolute atomic E-state index is 0.0281. The predicted octanol–water partition coefficient (Wildman–Crippen LogP) is 1.83. The lowest BCUT2D eigenvalue weighted by atomic mass is 9.98. The Labute approximate surface area is 117 Å². The molecule has 2 fully saturated rings. The van der Waals surface area contributed by atoms with Crippen LogP contribution in [0.4, 0.5) is 0 Å². The van der Waals surface area contributed by atoms with E-state index in [0.717, 1.165) is 6.42 Å². The van der Waals surface area contributed by atoms with Gasteiger partial charge in [0.25, 0.3) is 5.91 Å². The van der Waals surface area contributed by atoms with Gasteiger partial charge in [-0.15, -0.1) is 0 Å². The third-order valence-electron chi connectivity index (χ3n) is 4.16. The largest absolute Gasteiger partial charge is 0.508 e. The molecule has 2 saturated heterocycles. The molecule has 2 aliphatic heterocycles. The lowest BCUT2D eigenvalue weighted by Gasteiger charge is -2.27. The van der Waals surface area contributed by atoms with E-state index >= 15 is 0 Å². The zero-order chi connectivity index (χ0) is 14.4. The van der Waals surface area contributed by atoms with Crippen molar-refractivity contribution in [3.8, 4) is 11.5 Å². The highest BCUT2D eigenvalue weighted by molar-refractivity contribution is 5.97. The molecule has 2 aliphatic rings. The zero-order valence-electron chi connectivity index (χ0n) is 11.7. The minimum atomic E-state index is -0.180. The molecule has 5 nitrogen and oxygen atoms in total. The van der Waals surface area contributed by atoms with Crippen molar-refractivity contribution in [1.82, 2.24) is 4.90 Å². The number of aromatic hydroxyl groups is 2. The molecule has 1 aromatic carbocycles. The summed E-state index contributed by atoms with van der Waals surface area (Å²) in [6, 6.07) is 2.97. The Morgan fingerprint density at radius 3 is 2.65 bits per heavy atom. The van der Waals surface area contributed by atoms with Gasteiger partial charge in [0.1, 0.15) is 11.5 Å². The van der Waals surface area contributed by atoms with Crippen LogP contribution < -0.4 is 0 Å². The lowest BCUT2D eigenvalue weighted by molar-refractivity contribution is 0.0257. The molecular formula is C15H19NO4. The fraction of sp³-hybridized carbons (Fsp3) is 0.533. The number of fused-ring (bicyclic) bond motifs is 2. The van der Waals surface area contributed by atoms with Crippen LogP contribution >= 0.6 is 0 Å². The van der Waals surface area contributed by atoms with Gasteiger partial charge in [-0.2, -0.15) is 0 Å². The molecule has 1 aromatic rings. The van der Waals surface area contributed by atoms with Crippen LogP contribution in [-0.2, 0) is 4.74 Å². The molecule has 0 aromatic heterocycles. The normalized spacial score (nSPS) is 24.6. The van der Waals surface area contributed by atoms with E-state index in [1.165, 1.54) is 6.07 Å². The summed E-state index contributed by atoms with van der Waals surface area (Å²) in [5.41, 5.74) is 0.936. The van der Waals surface area contributed by atoms with Crippen LogP contribution in [-0.4, -0.2) is 46.3 Å². The highest BCUT2D eigenvalue weighted by atomic mass is 16.5. The zero-order valence-corrected chi connectivity index (χ0v) is 11.7. The summed E-state index contributed by atoms with van der Waals surface area (Å²) in [5.74, 6) is -0.235. The summed E-state index contributed by atoms with van der Waals surface area (Å²) < 4.78 is 5.48. The fourth-order valence-electron chi connectivity index (χ4n) is 3.03. The van der Waals surface area contributed by atoms with Crippen LogP contribution in [0.25, 0.3) is 0 Å². The number of hydrogen-bond donors (Lipinski definition) is 2. The third-order valence-corrected chi connectivity index (χ3v) is 4.16. The van der Waals surface area contributed by atoms with Gasteiger partial charge in [0, 0.05) is 12.6 Å². The number of benzene rings is 1. The molecule has 0 spiro atoms. The topological polar surface area (TPSA) is 70.0 Å². The maximum absolute atomic E-state index is 12.6. The average molecular weight is 277 g/mol. The van der Waals surface area contributed by atoms with E-state index in [0.29, 0.717) is 18.7 Å². The van der Waals surface area contributed by atoms with Gasteiger partial charge < -0.3 is 19.8 Å². The first-order valence-corrected chi connectivity index (χ1v) is 6.95. The number of carbonyl (C=O) groups excluding carboxylic acids is 1. The number of nitrogens with zero attached hydrogens (tertiary/aromatic N) is 1. The smallest absolute Gasteiger partial charge is 0.258 e. The van der Waals surface area contributed by atoms with E-state index in [1.54, 1.807) is 11.0 Å². The highest BCUT2D eigenvalue weighted by Gasteiger charge is 2.42. The monoisotopic (exact) mass is 277 g/mol. The molecule has 0 saturated carbocycles. The Morgan fingerprint density at radius 1 is 1.35 bits per heavy atom. The van der Waals surface area contributed by atoms with Crippen molar-refractivity contribution < 1.29 is 19.7 Å². The number of likely N-dealkylation sites (tertiary alicyclic amines) is 1. The molecule has 2 bridgehead atoms. The molecule has 5 heteroatoms. The minimum Gasteiger partial charge on any atom is -0.508 e. The van der Waals surface area contributed by atoms with E-state index in [9.17, 15) is 15.0 Å². The molecule has 0 radical (unpaired) electrons. The van der Waals surface area contributed by atoms with Gasteiger partial charge in [-0.3, -0.25) is 4.79 Å². The average Bonchev–Trinajstić information content (AvgIpc) is 2.99. The number of amides is 1. The summed E-state index contributed by atoms with van der Waals surface area (Å²) in [5, 5.41) is 19.8. The summed E-state index contributed by atoms with van der Waals surface area (Å²) in [4.78, 5) is 14.3. The fourth-order valence-corrected chi connectivity index (χ4v) is 3.03. The van der Waals surface area contributed by atoms with Gasteiger partial charge in [-0.25, -0.2) is 0 Å². The van der Waals surface area contributed by atoms with Crippen molar-refractivity contribution in [2.45, 2.75) is 38.3 Å². The van der Waals surface area contributed by atoms with E-state index in [4.69, 9.17) is 4.74 Å². The van der Waals surface area contributed by atoms with Crippen LogP contribution in [0.15, 0.2) is 12.1 Å². The number of carbonyl (C=O) groups is 1. The second-order valence-corrected chi connectivity index (χ2v) is 5.89. The van der Waals surface area contributed by atoms with Crippen molar-refractivity contribution in [2.75, 3.05) is 13.2 Å². The van der Waals surface area contributed by atoms with Crippen LogP contribution in [0.2, 0.25) is 0 Å². The number of ether oxygens (including phenoxy) is 1. The van der Waals surface area contributed by atoms with Gasteiger partial charge in [0.05, 0.1) is 24.3 Å². The van der Waals surface area contributed by atoms with E-state index < -0.39 is 0 Å². The van der Waals surface area contributed by atoms with Gasteiger partial charge in [-0.1, -0.05) is 13.8 Å². The quantitative estimate of drug-likeness (QED) is 0.865. The van der Waals surface area contributed by atoms with Crippen molar-refractivity contribution in [2.24, 2.45) is 0 Å². The van der Waals surface area contributed by atoms with Gasteiger partial charge >= 0.3 is 0 Å². The molecule has 2 N–H and O–H groups in total. The molecule has 108 valence electrons. The third kappa shape index (κ3) is 2.02. The SMILES string of the molecule is CC(C)c1cc(C(=O)N2CC3CC2CO3)c(O)cc1O. The Morgan fingerprint density at radius 2 is 2.10 bits per heavy atom. The Bertz CT molecular complexity index is 555. The number of phenols is 2. The number of rotatable bonds is 2. The van der Waals surface area contributed by atoms with Crippen molar-refractivity contribution in [3.05, 3.63) is 23.3 Å². The maximum atomic E-state index is 12.6. The van der Waals surface area contributed by atoms with E-state index in [1.807, 2.05) is 13.8 Å². The van der Waals surface area contributed by atoms with Crippen molar-refractivity contribution >= 4 is 5.91 Å². The Hall–Kier alpha value is -1.75. The van der Waals surface area contributed by atoms with Crippen LogP contribution in [0.1, 0.15) is 42.1 Å². The summed E-state index contributed by atoms with van der Waals surface area (Å²) in [6.07, 6.45) is 1.01. The Balaban J connectivity index is 1.93. The first kappa shape index (κ1) is 13.2. The molecule has 2 unspecified atom stereocenters. The summed E-state index contributed by atoms with van der Waals surface area (Å²) in [6.45, 7) is 5.03. The molecule has 3 rings (SSSR count). The van der Waals surface area contributed by atoms with E-state index in [2.05, 4.69) is 0 Å². The second-order valence-electron chi connectivity index (χ2n) is 5.89. The number of phenolic OH excluding ortho intramolecular Hbond substituents is 2. The second kappa shape index (κ2) is 4.66. The number of hydrogen-bond acceptors (Lipinski definition) is 4. The molecule has 2 atom stereocenters. The highest BCUT2D eigenvalue weighted by Crippen LogP contribution is 2.35. The van der Waals surface area contributed by atoms with Crippen LogP contribution in [0, 0.1) is 0 Å². The van der Waals surface area contributed by atoms with E-state index in [-0.39, 0.29) is 41.0 Å². The van der Waals surface area contributed by atoms with Gasteiger partial charge in [0.15, 0.2) is 0 Å². The molecular weight excluding hydrogens is 258 g/mol. The number of morpholine rings is 1. The molecule has 1 amide bonds. The molecule has 20 heavy (non-hydrogen) atoms. The van der Waals surface area contributed by atoms with Gasteiger partial charge in [0.2, 0.25) is 0 Å². The molecule has 0 aliphatic carbocycles. The van der Waals surface area contributed by atoms with Crippen molar-refractivity contribution in [1.29, 1.82) is 0 Å². The maximum Gasteiger partial charge on any atom is 0.258 e. The summed E-state index contributed by atoms with van der Waals surface area (Å²) >= 11 is 0. The standard InChI is InChI=1S/C15H19NO4/c1-8(2)11-4-12(14(18)5-13(11)17)15(19)16-6-10-3-9(16)7-20-10/h4-5,8-10,17-18H,3,6-7H2,1-2H3. The van der Waals surface area contributed by atoms with Crippen LogP contribution in [0.3, 0.4) is 0 Å². The lowest BCUT2D eigenvalue weighted by Crippen LogP contribution is -2.41. The first-order chi connectivity index (χ1) is 9.47. The first-order valence-electron chi connectivity index (χ1n) is 6.95. The molecule has 2 heterocycles. The van der Waals surface area contributed by atoms with Crippen LogP contribution in [0.5, 0.6) is 11.5 Å². The van der Waals surface area contributed by atoms with Gasteiger partial charge in [-0.05, 0) is 24.0 Å². The predicted molar refractivity (Wildman–Crippen MR) is 73.0 cm³/mol. The Kier molecular flexibility index (Phi) is 3.09. The van der Waals surface area contributed by atoms with Crippen molar-refractivity contribution in [3.63, 3.8) is 0 Å².